The van der Waals surface area contributed by atoms with Crippen LogP contribution in [0.3, 0.4) is 0 Å². The van der Waals surface area contributed by atoms with Crippen molar-refractivity contribution in [3.63, 3.8) is 0 Å². The molecule has 6 N–H and O–H groups in total. The van der Waals surface area contributed by atoms with Crippen LogP contribution in [0.15, 0.2) is 24.3 Å². The Morgan fingerprint density at radius 2 is 1.84 bits per heavy atom. The van der Waals surface area contributed by atoms with Gasteiger partial charge in [0.15, 0.2) is 0 Å². The molecule has 2 aliphatic heterocycles. The van der Waals surface area contributed by atoms with Gasteiger partial charge in [-0.1, -0.05) is 24.3 Å². The quantitative estimate of drug-likeness (QED) is 0.287. The van der Waals surface area contributed by atoms with Gasteiger partial charge in [0.25, 0.3) is 0 Å². The van der Waals surface area contributed by atoms with E-state index < -0.39 is 11.9 Å². The maximum atomic E-state index is 11.3. The Bertz CT molecular complexity index is 785. The zero-order chi connectivity index (χ0) is 22.4. The Balaban J connectivity index is 1.77. The molecule has 2 fully saturated rings. The molecule has 0 bridgehead atoms. The van der Waals surface area contributed by atoms with E-state index in [9.17, 15) is 14.7 Å². The van der Waals surface area contributed by atoms with E-state index in [4.69, 9.17) is 16.2 Å². The number of nitrogen functional groups attached to an aromatic ring is 1. The highest BCUT2D eigenvalue weighted by atomic mass is 16.4. The fraction of sp³-hybridized carbons (Fsp3) is 0.591. The molecule has 0 aliphatic carbocycles. The smallest absolute Gasteiger partial charge is 0.304 e. The minimum absolute atomic E-state index is 0.0487. The van der Waals surface area contributed by atoms with Crippen molar-refractivity contribution < 1.29 is 19.8 Å². The summed E-state index contributed by atoms with van der Waals surface area (Å²) in [5, 5.41) is 29.3. The molecule has 0 aromatic heterocycles. The van der Waals surface area contributed by atoms with Crippen LogP contribution in [-0.2, 0) is 9.59 Å². The molecule has 2 aliphatic rings. The van der Waals surface area contributed by atoms with Crippen molar-refractivity contribution in [3.8, 4) is 0 Å². The lowest BCUT2D eigenvalue weighted by Gasteiger charge is -2.49. The van der Waals surface area contributed by atoms with E-state index in [1.54, 1.807) is 0 Å². The number of nitrogens with one attached hydrogen (secondary N) is 2. The number of hydrogen-bond donors (Lipinski definition) is 5. The molecular formula is C22H33N5O4. The number of amidine groups is 1. The Morgan fingerprint density at radius 1 is 1.13 bits per heavy atom. The SMILES string of the molecule is N=C(N)c1ccc(C2CNCCN2C2CCN(CCC(=O)O)CC2CCC(=O)O)cc1. The lowest BCUT2D eigenvalue weighted by atomic mass is 9.85. The van der Waals surface area contributed by atoms with Crippen LogP contribution in [0.25, 0.3) is 0 Å². The van der Waals surface area contributed by atoms with Gasteiger partial charge in [0.05, 0.1) is 6.42 Å². The lowest BCUT2D eigenvalue weighted by molar-refractivity contribution is -0.138. The van der Waals surface area contributed by atoms with E-state index in [-0.39, 0.29) is 36.7 Å². The Kier molecular flexibility index (Phi) is 8.00. The average Bonchev–Trinajstić information content (AvgIpc) is 2.76. The predicted octanol–water partition coefficient (Wildman–Crippen LogP) is 0.947. The number of piperidine rings is 1. The molecular weight excluding hydrogens is 398 g/mol. The minimum atomic E-state index is -0.805. The number of benzene rings is 1. The summed E-state index contributed by atoms with van der Waals surface area (Å²) in [5.41, 5.74) is 7.44. The van der Waals surface area contributed by atoms with Gasteiger partial charge in [-0.3, -0.25) is 19.9 Å². The third-order valence-corrected chi connectivity index (χ3v) is 6.47. The summed E-state index contributed by atoms with van der Waals surface area (Å²) in [4.78, 5) is 26.9. The van der Waals surface area contributed by atoms with Crippen LogP contribution in [0.5, 0.6) is 0 Å². The first-order valence-corrected chi connectivity index (χ1v) is 10.9. The summed E-state index contributed by atoms with van der Waals surface area (Å²) >= 11 is 0. The summed E-state index contributed by atoms with van der Waals surface area (Å²) in [5.74, 6) is -1.37. The number of nitrogens with zero attached hydrogens (tertiary/aromatic N) is 2. The van der Waals surface area contributed by atoms with Gasteiger partial charge in [-0.05, 0) is 30.9 Å². The van der Waals surface area contributed by atoms with E-state index in [1.807, 2.05) is 24.3 Å². The second kappa shape index (κ2) is 10.7. The molecule has 0 spiro atoms. The first-order chi connectivity index (χ1) is 14.8. The molecule has 3 atom stereocenters. The standard InChI is InChI=1S/C22H33N5O4/c23-22(24)16-3-1-15(2-4-16)19-13-25-9-12-27(19)18-7-10-26(11-8-21(30)31)14-17(18)5-6-20(28)29/h1-4,17-19,25H,5-14H2,(H3,23,24)(H,28,29)(H,30,31). The van der Waals surface area contributed by atoms with Gasteiger partial charge in [-0.2, -0.15) is 0 Å². The highest BCUT2D eigenvalue weighted by Gasteiger charge is 2.38. The van der Waals surface area contributed by atoms with Gasteiger partial charge in [0.1, 0.15) is 5.84 Å². The maximum Gasteiger partial charge on any atom is 0.304 e. The molecule has 0 amide bonds. The molecule has 1 aromatic carbocycles. The second-order valence-corrected chi connectivity index (χ2v) is 8.49. The van der Waals surface area contributed by atoms with Crippen molar-refractivity contribution in [1.82, 2.24) is 15.1 Å². The van der Waals surface area contributed by atoms with Crippen LogP contribution >= 0.6 is 0 Å². The monoisotopic (exact) mass is 431 g/mol. The van der Waals surface area contributed by atoms with Crippen molar-refractivity contribution in [1.29, 1.82) is 5.41 Å². The summed E-state index contributed by atoms with van der Waals surface area (Å²) in [7, 11) is 0. The van der Waals surface area contributed by atoms with Crippen molar-refractivity contribution in [2.24, 2.45) is 11.7 Å². The Morgan fingerprint density at radius 3 is 2.48 bits per heavy atom. The number of aliphatic carboxylic acids is 2. The third kappa shape index (κ3) is 6.25. The molecule has 2 heterocycles. The second-order valence-electron chi connectivity index (χ2n) is 8.49. The number of nitrogens with two attached hydrogens (primary N) is 1. The number of hydrogen-bond acceptors (Lipinski definition) is 6. The highest BCUT2D eigenvalue weighted by molar-refractivity contribution is 5.94. The molecule has 9 heteroatoms. The Labute approximate surface area is 182 Å². The number of likely N-dealkylation sites (tertiary alicyclic amines) is 1. The summed E-state index contributed by atoms with van der Waals surface area (Å²) in [6.07, 6.45) is 1.71. The zero-order valence-electron chi connectivity index (χ0n) is 17.8. The summed E-state index contributed by atoms with van der Waals surface area (Å²) < 4.78 is 0. The zero-order valence-corrected chi connectivity index (χ0v) is 17.8. The molecule has 0 radical (unpaired) electrons. The molecule has 0 saturated carbocycles. The number of carboxylic acid groups (broad SMARTS) is 2. The molecule has 3 unspecified atom stereocenters. The van der Waals surface area contributed by atoms with Gasteiger partial charge < -0.3 is 26.2 Å². The molecule has 170 valence electrons. The normalized spacial score (nSPS) is 25.2. The van der Waals surface area contributed by atoms with Crippen LogP contribution in [-0.4, -0.2) is 83.1 Å². The van der Waals surface area contributed by atoms with Crippen molar-refractivity contribution in [2.45, 2.75) is 37.8 Å². The minimum Gasteiger partial charge on any atom is -0.481 e. The Hall–Kier alpha value is -2.49. The van der Waals surface area contributed by atoms with E-state index >= 15 is 0 Å². The van der Waals surface area contributed by atoms with E-state index in [0.29, 0.717) is 18.5 Å². The lowest BCUT2D eigenvalue weighted by Crippen LogP contribution is -2.57. The molecule has 3 rings (SSSR count). The van der Waals surface area contributed by atoms with Gasteiger partial charge in [0, 0.05) is 56.8 Å². The van der Waals surface area contributed by atoms with Gasteiger partial charge in [-0.25, -0.2) is 0 Å². The van der Waals surface area contributed by atoms with E-state index in [1.165, 1.54) is 0 Å². The van der Waals surface area contributed by atoms with Crippen LogP contribution in [0.4, 0.5) is 0 Å². The van der Waals surface area contributed by atoms with Crippen molar-refractivity contribution in [3.05, 3.63) is 35.4 Å². The summed E-state index contributed by atoms with van der Waals surface area (Å²) in [6.45, 7) is 4.62. The first-order valence-electron chi connectivity index (χ1n) is 10.9. The van der Waals surface area contributed by atoms with Crippen LogP contribution < -0.4 is 11.1 Å². The number of carboxylic acids is 2. The third-order valence-electron chi connectivity index (χ3n) is 6.47. The van der Waals surface area contributed by atoms with E-state index in [2.05, 4.69) is 15.1 Å². The maximum absolute atomic E-state index is 11.3. The topological polar surface area (TPSA) is 143 Å². The van der Waals surface area contributed by atoms with Crippen molar-refractivity contribution in [2.75, 3.05) is 39.3 Å². The summed E-state index contributed by atoms with van der Waals surface area (Å²) in [6, 6.07) is 8.21. The average molecular weight is 432 g/mol. The van der Waals surface area contributed by atoms with Crippen molar-refractivity contribution >= 4 is 17.8 Å². The predicted molar refractivity (Wildman–Crippen MR) is 117 cm³/mol. The van der Waals surface area contributed by atoms with Gasteiger partial charge in [-0.15, -0.1) is 0 Å². The van der Waals surface area contributed by atoms with E-state index in [0.717, 1.165) is 44.7 Å². The fourth-order valence-corrected chi connectivity index (χ4v) is 4.89. The fourth-order valence-electron chi connectivity index (χ4n) is 4.89. The largest absolute Gasteiger partial charge is 0.481 e. The molecule has 1 aromatic rings. The number of carbonyl (C=O) groups is 2. The number of piperazine rings is 1. The molecule has 9 nitrogen and oxygen atoms in total. The van der Waals surface area contributed by atoms with Crippen LogP contribution in [0.2, 0.25) is 0 Å². The molecule has 31 heavy (non-hydrogen) atoms. The first kappa shape index (κ1) is 23.2. The van der Waals surface area contributed by atoms with Gasteiger partial charge in [0.2, 0.25) is 0 Å². The van der Waals surface area contributed by atoms with Gasteiger partial charge >= 0.3 is 11.9 Å². The molecule has 2 saturated heterocycles. The van der Waals surface area contributed by atoms with Crippen LogP contribution in [0.1, 0.15) is 42.9 Å². The number of rotatable bonds is 9. The van der Waals surface area contributed by atoms with Crippen LogP contribution in [0, 0.1) is 11.3 Å². The highest BCUT2D eigenvalue weighted by Crippen LogP contribution is 2.33.